The number of thiazole rings is 1. The van der Waals surface area contributed by atoms with Gasteiger partial charge in [0.25, 0.3) is 0 Å². The molecule has 7 heteroatoms. The highest BCUT2D eigenvalue weighted by molar-refractivity contribution is 7.09. The van der Waals surface area contributed by atoms with Gasteiger partial charge in [0.2, 0.25) is 5.91 Å². The van der Waals surface area contributed by atoms with E-state index in [1.165, 1.54) is 11.3 Å². The van der Waals surface area contributed by atoms with Gasteiger partial charge in [-0.25, -0.2) is 9.78 Å². The molecule has 114 valence electrons. The number of carboxylic acid groups (broad SMARTS) is 1. The molecule has 0 spiro atoms. The van der Waals surface area contributed by atoms with E-state index in [1.807, 2.05) is 0 Å². The van der Waals surface area contributed by atoms with Crippen LogP contribution < -0.4 is 5.32 Å². The summed E-state index contributed by atoms with van der Waals surface area (Å²) in [5.74, 6) is -1.92. The summed E-state index contributed by atoms with van der Waals surface area (Å²) in [5.41, 5.74) is 1.19. The first-order valence-corrected chi connectivity index (χ1v) is 8.07. The average molecular weight is 310 g/mol. The van der Waals surface area contributed by atoms with Crippen LogP contribution in [0.4, 0.5) is 0 Å². The first-order valence-electron chi connectivity index (χ1n) is 7.19. The highest BCUT2D eigenvalue weighted by Gasteiger charge is 2.48. The fraction of sp³-hybridized carbons (Fsp3) is 0.643. The quantitative estimate of drug-likeness (QED) is 0.772. The van der Waals surface area contributed by atoms with E-state index in [0.29, 0.717) is 19.3 Å². The zero-order valence-electron chi connectivity index (χ0n) is 11.5. The zero-order chi connectivity index (χ0) is 15.0. The lowest BCUT2D eigenvalue weighted by atomic mass is 9.74. The summed E-state index contributed by atoms with van der Waals surface area (Å²) >= 11 is 1.54. The highest BCUT2D eigenvalue weighted by Crippen LogP contribution is 2.36. The number of aromatic nitrogens is 1. The number of fused-ring (bicyclic) bond motifs is 1. The maximum Gasteiger partial charge on any atom is 0.329 e. The third kappa shape index (κ3) is 2.55. The Balaban J connectivity index is 1.76. The van der Waals surface area contributed by atoms with E-state index in [1.54, 1.807) is 5.51 Å². The number of carboxylic acids is 1. The highest BCUT2D eigenvalue weighted by atomic mass is 32.1. The molecule has 0 saturated heterocycles. The van der Waals surface area contributed by atoms with Crippen molar-refractivity contribution in [1.82, 2.24) is 10.3 Å². The van der Waals surface area contributed by atoms with Crippen molar-refractivity contribution in [2.24, 2.45) is 0 Å². The second-order valence-electron chi connectivity index (χ2n) is 5.84. The summed E-state index contributed by atoms with van der Waals surface area (Å²) in [6, 6.07) is -1.23. The van der Waals surface area contributed by atoms with Gasteiger partial charge >= 0.3 is 5.97 Å². The summed E-state index contributed by atoms with van der Waals surface area (Å²) < 4.78 is 0. The molecule has 21 heavy (non-hydrogen) atoms. The van der Waals surface area contributed by atoms with E-state index in [9.17, 15) is 19.8 Å². The Bertz CT molecular complexity index is 567. The van der Waals surface area contributed by atoms with Crippen LogP contribution in [0.3, 0.4) is 0 Å². The number of hydrogen-bond acceptors (Lipinski definition) is 5. The fourth-order valence-electron chi connectivity index (χ4n) is 3.11. The minimum atomic E-state index is -1.30. The number of nitrogens with zero attached hydrogens (tertiary/aromatic N) is 1. The third-order valence-corrected chi connectivity index (χ3v) is 5.41. The molecule has 1 amide bonds. The van der Waals surface area contributed by atoms with E-state index in [0.717, 1.165) is 29.8 Å². The Morgan fingerprint density at radius 3 is 2.81 bits per heavy atom. The summed E-state index contributed by atoms with van der Waals surface area (Å²) in [4.78, 5) is 29.2. The number of aliphatic carboxylic acids is 1. The minimum absolute atomic E-state index is 0.338. The molecule has 1 saturated carbocycles. The normalized spacial score (nSPS) is 24.5. The maximum atomic E-state index is 12.4. The molecular formula is C14H18N2O4S. The predicted molar refractivity (Wildman–Crippen MR) is 76.2 cm³/mol. The molecule has 1 fully saturated rings. The summed E-state index contributed by atoms with van der Waals surface area (Å²) in [6.45, 7) is 0. The van der Waals surface area contributed by atoms with Crippen LogP contribution >= 0.6 is 11.3 Å². The van der Waals surface area contributed by atoms with Gasteiger partial charge in [-0.3, -0.25) is 4.79 Å². The van der Waals surface area contributed by atoms with Crippen molar-refractivity contribution in [2.45, 2.75) is 56.1 Å². The standard InChI is InChI=1S/C14H18N2O4S/c17-12(8-3-1-4-9-10(8)15-7-21-9)16-11(13(18)19)14(20)5-2-6-14/h7-8,11,20H,1-6H2,(H,16,17)(H,18,19). The molecule has 1 aromatic rings. The number of carbonyl (C=O) groups excluding carboxylic acids is 1. The van der Waals surface area contributed by atoms with Crippen molar-refractivity contribution >= 4 is 23.2 Å². The van der Waals surface area contributed by atoms with Crippen molar-refractivity contribution in [3.63, 3.8) is 0 Å². The number of nitrogens with one attached hydrogen (secondary N) is 1. The largest absolute Gasteiger partial charge is 0.480 e. The third-order valence-electron chi connectivity index (χ3n) is 4.51. The number of amides is 1. The van der Waals surface area contributed by atoms with E-state index >= 15 is 0 Å². The molecule has 2 atom stereocenters. The molecule has 2 aliphatic carbocycles. The van der Waals surface area contributed by atoms with Crippen LogP contribution in [0, 0.1) is 0 Å². The van der Waals surface area contributed by atoms with E-state index in [2.05, 4.69) is 10.3 Å². The molecule has 2 unspecified atom stereocenters. The number of aryl methyl sites for hydroxylation is 1. The molecule has 2 aliphatic rings. The number of carbonyl (C=O) groups is 2. The molecule has 0 bridgehead atoms. The van der Waals surface area contributed by atoms with Gasteiger partial charge < -0.3 is 15.5 Å². The summed E-state index contributed by atoms with van der Waals surface area (Å²) in [6.07, 6.45) is 4.11. The zero-order valence-corrected chi connectivity index (χ0v) is 12.4. The first-order chi connectivity index (χ1) is 10.0. The molecule has 6 nitrogen and oxygen atoms in total. The van der Waals surface area contributed by atoms with Crippen molar-refractivity contribution in [3.05, 3.63) is 16.1 Å². The van der Waals surface area contributed by atoms with Gasteiger partial charge in [-0.05, 0) is 38.5 Å². The van der Waals surface area contributed by atoms with Crippen LogP contribution in [0.25, 0.3) is 0 Å². The monoisotopic (exact) mass is 310 g/mol. The molecule has 3 N–H and O–H groups in total. The van der Waals surface area contributed by atoms with Gasteiger partial charge in [-0.2, -0.15) is 0 Å². The lowest BCUT2D eigenvalue weighted by Gasteiger charge is -2.41. The fourth-order valence-corrected chi connectivity index (χ4v) is 3.98. The Morgan fingerprint density at radius 1 is 1.43 bits per heavy atom. The van der Waals surface area contributed by atoms with Crippen molar-refractivity contribution in [2.75, 3.05) is 0 Å². The van der Waals surface area contributed by atoms with Gasteiger partial charge in [0.15, 0.2) is 6.04 Å². The molecular weight excluding hydrogens is 292 g/mol. The van der Waals surface area contributed by atoms with Gasteiger partial charge in [-0.15, -0.1) is 11.3 Å². The van der Waals surface area contributed by atoms with Gasteiger partial charge in [0.1, 0.15) is 0 Å². The average Bonchev–Trinajstić information content (AvgIpc) is 2.89. The minimum Gasteiger partial charge on any atom is -0.480 e. The second-order valence-corrected chi connectivity index (χ2v) is 6.78. The lowest BCUT2D eigenvalue weighted by molar-refractivity contribution is -0.156. The Hall–Kier alpha value is -1.47. The number of aliphatic hydroxyl groups is 1. The molecule has 1 aromatic heterocycles. The van der Waals surface area contributed by atoms with Crippen LogP contribution in [0.1, 0.15) is 48.6 Å². The Morgan fingerprint density at radius 2 is 2.19 bits per heavy atom. The van der Waals surface area contributed by atoms with E-state index < -0.39 is 23.5 Å². The van der Waals surface area contributed by atoms with Crippen LogP contribution in [0.2, 0.25) is 0 Å². The second kappa shape index (κ2) is 5.38. The summed E-state index contributed by atoms with van der Waals surface area (Å²) in [7, 11) is 0. The molecule has 0 radical (unpaired) electrons. The van der Waals surface area contributed by atoms with Crippen LogP contribution in [0.15, 0.2) is 5.51 Å². The molecule has 3 rings (SSSR count). The molecule has 1 heterocycles. The van der Waals surface area contributed by atoms with Gasteiger partial charge in [0, 0.05) is 4.88 Å². The topological polar surface area (TPSA) is 99.5 Å². The van der Waals surface area contributed by atoms with Crippen LogP contribution in [-0.4, -0.2) is 38.7 Å². The maximum absolute atomic E-state index is 12.4. The van der Waals surface area contributed by atoms with Gasteiger partial charge in [0.05, 0.1) is 22.7 Å². The summed E-state index contributed by atoms with van der Waals surface area (Å²) in [5, 5.41) is 22.1. The predicted octanol–water partition coefficient (Wildman–Crippen LogP) is 1.05. The van der Waals surface area contributed by atoms with Crippen LogP contribution in [0.5, 0.6) is 0 Å². The molecule has 0 aliphatic heterocycles. The van der Waals surface area contributed by atoms with Crippen molar-refractivity contribution < 1.29 is 19.8 Å². The van der Waals surface area contributed by atoms with Crippen molar-refractivity contribution in [1.29, 1.82) is 0 Å². The van der Waals surface area contributed by atoms with E-state index in [-0.39, 0.29) is 5.91 Å². The smallest absolute Gasteiger partial charge is 0.329 e. The number of rotatable bonds is 4. The van der Waals surface area contributed by atoms with E-state index in [4.69, 9.17) is 0 Å². The van der Waals surface area contributed by atoms with Gasteiger partial charge in [-0.1, -0.05) is 0 Å². The Labute approximate surface area is 126 Å². The van der Waals surface area contributed by atoms with Crippen molar-refractivity contribution in [3.8, 4) is 0 Å². The molecule has 0 aromatic carbocycles. The number of hydrogen-bond donors (Lipinski definition) is 3. The Kier molecular flexibility index (Phi) is 3.71. The lowest BCUT2D eigenvalue weighted by Crippen LogP contribution is -2.61. The first kappa shape index (κ1) is 14.5. The van der Waals surface area contributed by atoms with Crippen LogP contribution in [-0.2, 0) is 16.0 Å². The SMILES string of the molecule is O=C(NC(C(=O)O)C1(O)CCC1)C1CCCc2scnc21.